The van der Waals surface area contributed by atoms with Crippen LogP contribution in [0, 0.1) is 0 Å². The molecular formula is C13H14N2O4. The van der Waals surface area contributed by atoms with Gasteiger partial charge in [0.2, 0.25) is 5.89 Å². The molecule has 19 heavy (non-hydrogen) atoms. The maximum absolute atomic E-state index is 10.6. The number of hydrogen-bond donors (Lipinski definition) is 1. The van der Waals surface area contributed by atoms with E-state index in [1.165, 1.54) is 0 Å². The van der Waals surface area contributed by atoms with E-state index in [9.17, 15) is 4.79 Å². The molecule has 1 aromatic heterocycles. The lowest BCUT2D eigenvalue weighted by molar-refractivity contribution is 0.0651. The molecule has 0 saturated heterocycles. The second kappa shape index (κ2) is 5.51. The van der Waals surface area contributed by atoms with Gasteiger partial charge in [-0.2, -0.15) is 0 Å². The molecule has 1 N–H and O–H groups in total. The lowest BCUT2D eigenvalue weighted by Crippen LogP contribution is -1.95. The van der Waals surface area contributed by atoms with Crippen molar-refractivity contribution >= 4 is 5.97 Å². The van der Waals surface area contributed by atoms with Crippen LogP contribution in [0.15, 0.2) is 22.6 Å². The molecule has 6 nitrogen and oxygen atoms in total. The third kappa shape index (κ3) is 2.90. The molecule has 1 heterocycles. The minimum atomic E-state index is -1.22. The second-order valence-corrected chi connectivity index (χ2v) is 3.98. The van der Waals surface area contributed by atoms with Gasteiger partial charge in [0, 0.05) is 0 Å². The van der Waals surface area contributed by atoms with Crippen LogP contribution >= 0.6 is 0 Å². The van der Waals surface area contributed by atoms with Crippen molar-refractivity contribution in [2.75, 3.05) is 7.11 Å². The molecule has 0 spiro atoms. The second-order valence-electron chi connectivity index (χ2n) is 3.98. The van der Waals surface area contributed by atoms with E-state index < -0.39 is 5.97 Å². The number of benzene rings is 1. The summed E-state index contributed by atoms with van der Waals surface area (Å²) in [6.07, 6.45) is 1.25. The number of carboxylic acid groups (broad SMARTS) is 1. The summed E-state index contributed by atoms with van der Waals surface area (Å²) in [6.45, 7) is 2.04. The van der Waals surface area contributed by atoms with Gasteiger partial charge >= 0.3 is 11.9 Å². The summed E-state index contributed by atoms with van der Waals surface area (Å²) in [5.41, 5.74) is 2.05. The maximum Gasteiger partial charge on any atom is 0.393 e. The first-order chi connectivity index (χ1) is 9.13. The summed E-state index contributed by atoms with van der Waals surface area (Å²) >= 11 is 0. The van der Waals surface area contributed by atoms with Gasteiger partial charge in [0.05, 0.1) is 13.5 Å². The Kier molecular flexibility index (Phi) is 3.79. The molecule has 0 fully saturated rings. The van der Waals surface area contributed by atoms with E-state index >= 15 is 0 Å². The third-order valence-electron chi connectivity index (χ3n) is 2.73. The van der Waals surface area contributed by atoms with E-state index in [4.69, 9.17) is 14.3 Å². The van der Waals surface area contributed by atoms with Crippen molar-refractivity contribution in [2.45, 2.75) is 19.8 Å². The van der Waals surface area contributed by atoms with Crippen LogP contribution in [0.4, 0.5) is 0 Å². The van der Waals surface area contributed by atoms with Gasteiger partial charge in [-0.15, -0.1) is 10.2 Å². The topological polar surface area (TPSA) is 85.5 Å². The van der Waals surface area contributed by atoms with Crippen LogP contribution < -0.4 is 4.74 Å². The van der Waals surface area contributed by atoms with Crippen molar-refractivity contribution in [3.05, 3.63) is 41.1 Å². The SMILES string of the molecule is CCc1cc(Cc2nnc(C(=O)O)o2)ccc1OC. The fourth-order valence-corrected chi connectivity index (χ4v) is 1.80. The number of hydrogen-bond acceptors (Lipinski definition) is 5. The molecule has 0 aliphatic rings. The number of carbonyl (C=O) groups is 1. The van der Waals surface area contributed by atoms with Crippen molar-refractivity contribution in [1.29, 1.82) is 0 Å². The van der Waals surface area contributed by atoms with Gasteiger partial charge in [0.25, 0.3) is 0 Å². The smallest absolute Gasteiger partial charge is 0.393 e. The molecule has 0 atom stereocenters. The normalized spacial score (nSPS) is 10.4. The number of methoxy groups -OCH3 is 1. The zero-order valence-electron chi connectivity index (χ0n) is 10.7. The molecule has 2 rings (SSSR count). The number of ether oxygens (including phenoxy) is 1. The van der Waals surface area contributed by atoms with E-state index in [1.54, 1.807) is 7.11 Å². The molecule has 100 valence electrons. The first kappa shape index (κ1) is 13.1. The fourth-order valence-electron chi connectivity index (χ4n) is 1.80. The zero-order chi connectivity index (χ0) is 13.8. The molecule has 0 unspecified atom stereocenters. The van der Waals surface area contributed by atoms with Crippen LogP contribution in [0.2, 0.25) is 0 Å². The van der Waals surface area contributed by atoms with Gasteiger partial charge in [-0.25, -0.2) is 4.79 Å². The molecule has 6 heteroatoms. The molecular weight excluding hydrogens is 248 g/mol. The number of rotatable bonds is 5. The summed E-state index contributed by atoms with van der Waals surface area (Å²) in [5, 5.41) is 15.9. The van der Waals surface area contributed by atoms with Crippen molar-refractivity contribution < 1.29 is 19.1 Å². The number of aryl methyl sites for hydroxylation is 1. The predicted octanol–water partition coefficient (Wildman–Crippen LogP) is 1.93. The first-order valence-electron chi connectivity index (χ1n) is 5.85. The molecule has 0 radical (unpaired) electrons. The monoisotopic (exact) mass is 262 g/mol. The van der Waals surface area contributed by atoms with Gasteiger partial charge in [0.1, 0.15) is 5.75 Å². The Morgan fingerprint density at radius 3 is 2.79 bits per heavy atom. The number of nitrogens with zero attached hydrogens (tertiary/aromatic N) is 2. The Labute approximate surface area is 110 Å². The molecule has 0 bridgehead atoms. The average Bonchev–Trinajstić information content (AvgIpc) is 2.87. The summed E-state index contributed by atoms with van der Waals surface area (Å²) < 4.78 is 10.3. The Morgan fingerprint density at radius 1 is 1.42 bits per heavy atom. The zero-order valence-corrected chi connectivity index (χ0v) is 10.7. The summed E-state index contributed by atoms with van der Waals surface area (Å²) in [4.78, 5) is 10.6. The van der Waals surface area contributed by atoms with E-state index in [2.05, 4.69) is 10.2 Å². The summed E-state index contributed by atoms with van der Waals surface area (Å²) in [5.74, 6) is -0.491. The number of aromatic carboxylic acids is 1. The van der Waals surface area contributed by atoms with Crippen LogP contribution in [0.1, 0.15) is 34.6 Å². The molecule has 0 saturated carbocycles. The van der Waals surface area contributed by atoms with Gasteiger partial charge in [-0.05, 0) is 23.6 Å². The molecule has 1 aromatic carbocycles. The highest BCUT2D eigenvalue weighted by Gasteiger charge is 2.13. The van der Waals surface area contributed by atoms with Crippen LogP contribution in [-0.4, -0.2) is 28.4 Å². The fraction of sp³-hybridized carbons (Fsp3) is 0.308. The predicted molar refractivity (Wildman–Crippen MR) is 66.4 cm³/mol. The lowest BCUT2D eigenvalue weighted by Gasteiger charge is -2.08. The van der Waals surface area contributed by atoms with Crippen molar-refractivity contribution in [3.8, 4) is 5.75 Å². The highest BCUT2D eigenvalue weighted by molar-refractivity contribution is 5.81. The van der Waals surface area contributed by atoms with Crippen LogP contribution in [0.25, 0.3) is 0 Å². The maximum atomic E-state index is 10.6. The van der Waals surface area contributed by atoms with Gasteiger partial charge in [-0.1, -0.05) is 19.1 Å². The Bertz CT molecular complexity index is 592. The quantitative estimate of drug-likeness (QED) is 0.886. The average molecular weight is 262 g/mol. The lowest BCUT2D eigenvalue weighted by atomic mass is 10.1. The van der Waals surface area contributed by atoms with E-state index in [0.717, 1.165) is 23.3 Å². The summed E-state index contributed by atoms with van der Waals surface area (Å²) in [7, 11) is 1.63. The Morgan fingerprint density at radius 2 is 2.21 bits per heavy atom. The van der Waals surface area contributed by atoms with Gasteiger partial charge in [-0.3, -0.25) is 0 Å². The van der Waals surface area contributed by atoms with E-state index in [1.807, 2.05) is 25.1 Å². The van der Waals surface area contributed by atoms with Crippen LogP contribution in [0.5, 0.6) is 5.75 Å². The highest BCUT2D eigenvalue weighted by atomic mass is 16.5. The largest absolute Gasteiger partial charge is 0.496 e. The highest BCUT2D eigenvalue weighted by Crippen LogP contribution is 2.21. The standard InChI is InChI=1S/C13H14N2O4/c1-3-9-6-8(4-5-10(9)18-2)7-11-14-15-12(19-11)13(16)17/h4-6H,3,7H2,1-2H3,(H,16,17). The van der Waals surface area contributed by atoms with Crippen molar-refractivity contribution in [1.82, 2.24) is 10.2 Å². The van der Waals surface area contributed by atoms with Crippen LogP contribution in [0.3, 0.4) is 0 Å². The van der Waals surface area contributed by atoms with Crippen molar-refractivity contribution in [2.24, 2.45) is 0 Å². The first-order valence-corrected chi connectivity index (χ1v) is 5.85. The van der Waals surface area contributed by atoms with E-state index in [0.29, 0.717) is 6.42 Å². The van der Waals surface area contributed by atoms with E-state index in [-0.39, 0.29) is 11.8 Å². The van der Waals surface area contributed by atoms with Gasteiger partial charge in [0.15, 0.2) is 0 Å². The number of carboxylic acids is 1. The molecule has 2 aromatic rings. The molecule has 0 aliphatic carbocycles. The third-order valence-corrected chi connectivity index (χ3v) is 2.73. The van der Waals surface area contributed by atoms with Gasteiger partial charge < -0.3 is 14.3 Å². The van der Waals surface area contributed by atoms with Crippen molar-refractivity contribution in [3.63, 3.8) is 0 Å². The minimum Gasteiger partial charge on any atom is -0.496 e. The minimum absolute atomic E-state index is 0.282. The Hall–Kier alpha value is -2.37. The summed E-state index contributed by atoms with van der Waals surface area (Å²) in [6, 6.07) is 5.76. The molecule has 0 amide bonds. The number of aromatic nitrogens is 2. The molecule has 0 aliphatic heterocycles. The Balaban J connectivity index is 2.20. The van der Waals surface area contributed by atoms with Crippen LogP contribution in [-0.2, 0) is 12.8 Å².